The summed E-state index contributed by atoms with van der Waals surface area (Å²) in [6.45, 7) is 4.31. The number of carbonyl (C=O) groups is 1. The van der Waals surface area contributed by atoms with Gasteiger partial charge in [0.2, 0.25) is 5.91 Å². The van der Waals surface area contributed by atoms with E-state index in [9.17, 15) is 4.79 Å². The van der Waals surface area contributed by atoms with Crippen LogP contribution in [0.25, 0.3) is 0 Å². The van der Waals surface area contributed by atoms with Crippen molar-refractivity contribution < 1.29 is 14.3 Å². The molecular formula is C9H18BrNO3. The molecule has 1 atom stereocenters. The van der Waals surface area contributed by atoms with E-state index in [2.05, 4.69) is 21.2 Å². The summed E-state index contributed by atoms with van der Waals surface area (Å²) in [5.41, 5.74) is 0. The number of carbonyl (C=O) groups excluding carboxylic acids is 1. The first-order chi connectivity index (χ1) is 6.52. The molecular weight excluding hydrogens is 250 g/mol. The summed E-state index contributed by atoms with van der Waals surface area (Å²) in [6.07, 6.45) is -0.384. The van der Waals surface area contributed by atoms with E-state index in [1.54, 1.807) is 0 Å². The maximum absolute atomic E-state index is 11.5. The number of alkyl halides is 1. The van der Waals surface area contributed by atoms with Crippen LogP contribution in [0, 0.1) is 5.92 Å². The first kappa shape index (κ1) is 13.9. The predicted molar refractivity (Wildman–Crippen MR) is 58.4 cm³/mol. The number of halogens is 1. The Morgan fingerprint density at radius 3 is 2.21 bits per heavy atom. The molecule has 5 heteroatoms. The van der Waals surface area contributed by atoms with E-state index in [1.165, 1.54) is 14.2 Å². The molecule has 0 spiro atoms. The van der Waals surface area contributed by atoms with E-state index in [4.69, 9.17) is 9.47 Å². The molecule has 0 fully saturated rings. The van der Waals surface area contributed by atoms with Gasteiger partial charge >= 0.3 is 0 Å². The van der Waals surface area contributed by atoms with Gasteiger partial charge in [-0.3, -0.25) is 4.79 Å². The van der Waals surface area contributed by atoms with Gasteiger partial charge in [0.05, 0.1) is 11.4 Å². The summed E-state index contributed by atoms with van der Waals surface area (Å²) in [6, 6.07) is 0. The van der Waals surface area contributed by atoms with Gasteiger partial charge in [-0.25, -0.2) is 0 Å². The Balaban J connectivity index is 3.83. The molecule has 1 N–H and O–H groups in total. The molecule has 0 radical (unpaired) electrons. The van der Waals surface area contributed by atoms with Gasteiger partial charge in [-0.15, -0.1) is 0 Å². The van der Waals surface area contributed by atoms with Crippen molar-refractivity contribution in [2.24, 2.45) is 5.92 Å². The second kappa shape index (κ2) is 7.20. The predicted octanol–water partition coefficient (Wildman–Crippen LogP) is 1.14. The number of amides is 1. The summed E-state index contributed by atoms with van der Waals surface area (Å²) >= 11 is 3.31. The van der Waals surface area contributed by atoms with Crippen molar-refractivity contribution in [2.45, 2.75) is 25.0 Å². The molecule has 14 heavy (non-hydrogen) atoms. The topological polar surface area (TPSA) is 47.6 Å². The minimum absolute atomic E-state index is 0.0425. The minimum atomic E-state index is -0.384. The van der Waals surface area contributed by atoms with Crippen molar-refractivity contribution in [2.75, 3.05) is 20.8 Å². The molecule has 0 aromatic carbocycles. The van der Waals surface area contributed by atoms with Gasteiger partial charge in [0.1, 0.15) is 0 Å². The molecule has 0 rings (SSSR count). The van der Waals surface area contributed by atoms with Crippen molar-refractivity contribution in [3.05, 3.63) is 0 Å². The number of nitrogens with one attached hydrogen (secondary N) is 1. The molecule has 0 heterocycles. The first-order valence-electron chi connectivity index (χ1n) is 4.50. The fraction of sp³-hybridized carbons (Fsp3) is 0.889. The SMILES string of the molecule is COC(CNC(=O)C(Br)C(C)C)OC. The highest BCUT2D eigenvalue weighted by Crippen LogP contribution is 2.11. The largest absolute Gasteiger partial charge is 0.354 e. The van der Waals surface area contributed by atoms with Crippen LogP contribution in [-0.4, -0.2) is 37.8 Å². The zero-order chi connectivity index (χ0) is 11.1. The molecule has 4 nitrogen and oxygen atoms in total. The van der Waals surface area contributed by atoms with Crippen molar-refractivity contribution in [3.63, 3.8) is 0 Å². The number of hydrogen-bond acceptors (Lipinski definition) is 3. The zero-order valence-corrected chi connectivity index (χ0v) is 10.6. The quantitative estimate of drug-likeness (QED) is 0.580. The van der Waals surface area contributed by atoms with Gasteiger partial charge in [-0.2, -0.15) is 0 Å². The van der Waals surface area contributed by atoms with Gasteiger partial charge in [0.15, 0.2) is 6.29 Å². The molecule has 0 aliphatic heterocycles. The van der Waals surface area contributed by atoms with Gasteiger partial charge in [0.25, 0.3) is 0 Å². The number of rotatable bonds is 6. The Hall–Kier alpha value is -0.130. The molecule has 0 aliphatic carbocycles. The standard InChI is InChI=1S/C9H18BrNO3/c1-6(2)8(10)9(12)11-5-7(13-3)14-4/h6-8H,5H2,1-4H3,(H,11,12). The van der Waals surface area contributed by atoms with Crippen molar-refractivity contribution in [1.29, 1.82) is 0 Å². The Kier molecular flexibility index (Phi) is 7.13. The molecule has 1 amide bonds. The smallest absolute Gasteiger partial charge is 0.234 e. The number of methoxy groups -OCH3 is 2. The minimum Gasteiger partial charge on any atom is -0.354 e. The summed E-state index contributed by atoms with van der Waals surface area (Å²) in [4.78, 5) is 11.3. The van der Waals surface area contributed by atoms with Crippen LogP contribution in [0.3, 0.4) is 0 Å². The van der Waals surface area contributed by atoms with Crippen molar-refractivity contribution in [3.8, 4) is 0 Å². The zero-order valence-electron chi connectivity index (χ0n) is 9.04. The highest BCUT2D eigenvalue weighted by molar-refractivity contribution is 9.10. The van der Waals surface area contributed by atoms with Crippen LogP contribution in [0.2, 0.25) is 0 Å². The lowest BCUT2D eigenvalue weighted by molar-refractivity contribution is -0.127. The normalized spacial score (nSPS) is 13.4. The van der Waals surface area contributed by atoms with Crippen LogP contribution in [-0.2, 0) is 14.3 Å². The highest BCUT2D eigenvalue weighted by atomic mass is 79.9. The lowest BCUT2D eigenvalue weighted by atomic mass is 10.1. The van der Waals surface area contributed by atoms with Gasteiger partial charge in [-0.05, 0) is 5.92 Å². The summed E-state index contributed by atoms with van der Waals surface area (Å²) in [5, 5.41) is 2.73. The molecule has 0 aromatic rings. The second-order valence-corrected chi connectivity index (χ2v) is 4.28. The Morgan fingerprint density at radius 2 is 1.86 bits per heavy atom. The van der Waals surface area contributed by atoms with Crippen LogP contribution >= 0.6 is 15.9 Å². The average molecular weight is 268 g/mol. The van der Waals surface area contributed by atoms with Gasteiger partial charge in [0, 0.05) is 14.2 Å². The maximum atomic E-state index is 11.5. The van der Waals surface area contributed by atoms with E-state index in [0.29, 0.717) is 6.54 Å². The van der Waals surface area contributed by atoms with Crippen LogP contribution in [0.1, 0.15) is 13.8 Å². The number of ether oxygens (including phenoxy) is 2. The lowest BCUT2D eigenvalue weighted by Crippen LogP contribution is -2.39. The monoisotopic (exact) mass is 267 g/mol. The van der Waals surface area contributed by atoms with E-state index in [-0.39, 0.29) is 22.9 Å². The number of hydrogen-bond donors (Lipinski definition) is 1. The third kappa shape index (κ3) is 4.93. The molecule has 0 bridgehead atoms. The van der Waals surface area contributed by atoms with E-state index >= 15 is 0 Å². The third-order valence-electron chi connectivity index (χ3n) is 1.80. The van der Waals surface area contributed by atoms with E-state index in [0.717, 1.165) is 0 Å². The molecule has 0 saturated carbocycles. The van der Waals surface area contributed by atoms with E-state index in [1.807, 2.05) is 13.8 Å². The fourth-order valence-electron chi connectivity index (χ4n) is 0.847. The lowest BCUT2D eigenvalue weighted by Gasteiger charge is -2.17. The van der Waals surface area contributed by atoms with Crippen LogP contribution in [0.5, 0.6) is 0 Å². The van der Waals surface area contributed by atoms with Crippen molar-refractivity contribution in [1.82, 2.24) is 5.32 Å². The van der Waals surface area contributed by atoms with Gasteiger partial charge < -0.3 is 14.8 Å². The Bertz CT molecular complexity index is 171. The average Bonchev–Trinajstić information content (AvgIpc) is 2.17. The second-order valence-electron chi connectivity index (χ2n) is 3.29. The van der Waals surface area contributed by atoms with Crippen LogP contribution < -0.4 is 5.32 Å². The van der Waals surface area contributed by atoms with Crippen LogP contribution in [0.4, 0.5) is 0 Å². The highest BCUT2D eigenvalue weighted by Gasteiger charge is 2.19. The third-order valence-corrected chi connectivity index (χ3v) is 3.28. The van der Waals surface area contributed by atoms with E-state index < -0.39 is 0 Å². The van der Waals surface area contributed by atoms with Gasteiger partial charge in [-0.1, -0.05) is 29.8 Å². The molecule has 0 aliphatic rings. The summed E-state index contributed by atoms with van der Waals surface area (Å²) < 4.78 is 9.88. The Morgan fingerprint density at radius 1 is 1.36 bits per heavy atom. The molecule has 84 valence electrons. The molecule has 0 aromatic heterocycles. The maximum Gasteiger partial charge on any atom is 0.234 e. The van der Waals surface area contributed by atoms with Crippen molar-refractivity contribution >= 4 is 21.8 Å². The first-order valence-corrected chi connectivity index (χ1v) is 5.41. The fourth-order valence-corrected chi connectivity index (χ4v) is 1.01. The molecule has 0 saturated heterocycles. The summed E-state index contributed by atoms with van der Waals surface area (Å²) in [5.74, 6) is 0.220. The molecule has 1 unspecified atom stereocenters. The van der Waals surface area contributed by atoms with Crippen LogP contribution in [0.15, 0.2) is 0 Å². The summed E-state index contributed by atoms with van der Waals surface area (Å²) in [7, 11) is 3.07. The Labute approximate surface area is 93.5 Å².